The first kappa shape index (κ1) is 19.6. The van der Waals surface area contributed by atoms with E-state index in [0.29, 0.717) is 16.8 Å². The summed E-state index contributed by atoms with van der Waals surface area (Å²) in [7, 11) is 0. The van der Waals surface area contributed by atoms with Crippen LogP contribution < -0.4 is 10.6 Å². The zero-order valence-corrected chi connectivity index (χ0v) is 16.2. The minimum atomic E-state index is -0.851. The van der Waals surface area contributed by atoms with Crippen LogP contribution in [0.4, 0.5) is 25.0 Å². The van der Waals surface area contributed by atoms with Crippen LogP contribution in [0.3, 0.4) is 0 Å². The Morgan fingerprint density at radius 1 is 0.900 bits per heavy atom. The second kappa shape index (κ2) is 8.34. The Hall–Kier alpha value is -3.71. The summed E-state index contributed by atoms with van der Waals surface area (Å²) in [4.78, 5) is 12.0. The lowest BCUT2D eigenvalue weighted by atomic mass is 10.2. The van der Waals surface area contributed by atoms with Crippen molar-refractivity contribution in [3.05, 3.63) is 95.7 Å². The van der Waals surface area contributed by atoms with Crippen LogP contribution in [0.2, 0.25) is 5.02 Å². The lowest BCUT2D eigenvalue weighted by Crippen LogP contribution is -2.20. The van der Waals surface area contributed by atoms with E-state index in [1.54, 1.807) is 41.1 Å². The van der Waals surface area contributed by atoms with Gasteiger partial charge in [-0.2, -0.15) is 5.10 Å². The molecule has 0 fully saturated rings. The molecule has 0 bridgehead atoms. The van der Waals surface area contributed by atoms with Gasteiger partial charge < -0.3 is 10.6 Å². The molecule has 5 nitrogen and oxygen atoms in total. The van der Waals surface area contributed by atoms with E-state index >= 15 is 0 Å². The van der Waals surface area contributed by atoms with Crippen LogP contribution >= 0.6 is 11.6 Å². The lowest BCUT2D eigenvalue weighted by molar-refractivity contribution is 0.262. The molecule has 0 atom stereocenters. The first-order chi connectivity index (χ1) is 14.5. The molecular formula is C22H15ClF2N4O. The average Bonchev–Trinajstić information content (AvgIpc) is 3.21. The Balaban J connectivity index is 1.43. The minimum Gasteiger partial charge on any atom is -0.308 e. The molecule has 0 aliphatic rings. The predicted octanol–water partition coefficient (Wildman–Crippen LogP) is 6.11. The van der Waals surface area contributed by atoms with Gasteiger partial charge in [0.1, 0.15) is 11.6 Å². The summed E-state index contributed by atoms with van der Waals surface area (Å²) in [5.41, 5.74) is 2.93. The van der Waals surface area contributed by atoms with Crippen molar-refractivity contribution < 1.29 is 13.6 Å². The molecule has 0 saturated heterocycles. The molecule has 3 aromatic carbocycles. The molecule has 0 aliphatic heterocycles. The van der Waals surface area contributed by atoms with Gasteiger partial charge in [-0.25, -0.2) is 18.3 Å². The van der Waals surface area contributed by atoms with Gasteiger partial charge in [-0.3, -0.25) is 0 Å². The Bertz CT molecular complexity index is 1190. The number of hydrogen-bond donors (Lipinski definition) is 2. The van der Waals surface area contributed by atoms with Gasteiger partial charge in [0.25, 0.3) is 0 Å². The molecule has 4 rings (SSSR count). The molecule has 8 heteroatoms. The van der Waals surface area contributed by atoms with Crippen molar-refractivity contribution in [1.82, 2.24) is 9.78 Å². The van der Waals surface area contributed by atoms with Gasteiger partial charge in [-0.15, -0.1) is 0 Å². The van der Waals surface area contributed by atoms with Gasteiger partial charge in [-0.1, -0.05) is 23.7 Å². The van der Waals surface area contributed by atoms with Gasteiger partial charge in [0.2, 0.25) is 0 Å². The fourth-order valence-electron chi connectivity index (χ4n) is 2.82. The number of carbonyl (C=O) groups is 1. The number of amides is 2. The van der Waals surface area contributed by atoms with E-state index in [-0.39, 0.29) is 5.69 Å². The quantitative estimate of drug-likeness (QED) is 0.415. The number of carbonyl (C=O) groups excluding carboxylic acids is 1. The highest BCUT2D eigenvalue weighted by Gasteiger charge is 2.09. The van der Waals surface area contributed by atoms with E-state index in [9.17, 15) is 13.6 Å². The molecule has 0 unspecified atom stereocenters. The monoisotopic (exact) mass is 424 g/mol. The lowest BCUT2D eigenvalue weighted by Gasteiger charge is -2.09. The number of halogens is 3. The maximum Gasteiger partial charge on any atom is 0.323 e. The van der Waals surface area contributed by atoms with E-state index in [1.165, 1.54) is 0 Å². The molecule has 2 amide bonds. The summed E-state index contributed by atoms with van der Waals surface area (Å²) in [5, 5.41) is 10.1. The van der Waals surface area contributed by atoms with Gasteiger partial charge in [0, 0.05) is 28.5 Å². The van der Waals surface area contributed by atoms with Crippen LogP contribution in [0, 0.1) is 11.6 Å². The zero-order chi connectivity index (χ0) is 21.1. The number of nitrogens with one attached hydrogen (secondary N) is 2. The van der Waals surface area contributed by atoms with Crippen molar-refractivity contribution in [2.75, 3.05) is 10.6 Å². The summed E-state index contributed by atoms with van der Waals surface area (Å²) in [6.45, 7) is 0. The Labute approximate surface area is 175 Å². The Kier molecular flexibility index (Phi) is 5.45. The maximum atomic E-state index is 13.6. The van der Waals surface area contributed by atoms with Crippen molar-refractivity contribution >= 4 is 29.0 Å². The fourth-order valence-corrected chi connectivity index (χ4v) is 2.94. The minimum absolute atomic E-state index is 0.114. The molecule has 1 aromatic heterocycles. The average molecular weight is 425 g/mol. The first-order valence-corrected chi connectivity index (χ1v) is 9.31. The van der Waals surface area contributed by atoms with Gasteiger partial charge in [0.05, 0.1) is 17.1 Å². The van der Waals surface area contributed by atoms with Crippen molar-refractivity contribution in [2.45, 2.75) is 0 Å². The van der Waals surface area contributed by atoms with Crippen LogP contribution in [0.5, 0.6) is 0 Å². The summed E-state index contributed by atoms with van der Waals surface area (Å²) >= 11 is 5.92. The maximum absolute atomic E-state index is 13.6. The number of nitrogens with zero attached hydrogens (tertiary/aromatic N) is 2. The molecule has 30 heavy (non-hydrogen) atoms. The molecule has 0 saturated carbocycles. The molecular weight excluding hydrogens is 410 g/mol. The van der Waals surface area contributed by atoms with Gasteiger partial charge in [0.15, 0.2) is 0 Å². The molecule has 150 valence electrons. The molecule has 1 heterocycles. The summed E-state index contributed by atoms with van der Waals surface area (Å²) in [5.74, 6) is -1.57. The summed E-state index contributed by atoms with van der Waals surface area (Å²) in [6, 6.07) is 18.5. The van der Waals surface area contributed by atoms with Crippen LogP contribution in [0.15, 0.2) is 79.0 Å². The van der Waals surface area contributed by atoms with E-state index in [1.807, 2.05) is 24.4 Å². The summed E-state index contributed by atoms with van der Waals surface area (Å²) in [6.07, 6.45) is 1.83. The molecule has 0 spiro atoms. The van der Waals surface area contributed by atoms with Crippen LogP contribution in [0.1, 0.15) is 0 Å². The number of benzene rings is 3. The zero-order valence-electron chi connectivity index (χ0n) is 15.4. The molecule has 0 radical (unpaired) electrons. The third-order valence-electron chi connectivity index (χ3n) is 4.30. The topological polar surface area (TPSA) is 59.0 Å². The third-order valence-corrected chi connectivity index (χ3v) is 4.55. The van der Waals surface area contributed by atoms with Crippen molar-refractivity contribution in [1.29, 1.82) is 0 Å². The molecule has 4 aromatic rings. The molecule has 2 N–H and O–H groups in total. The second-order valence-corrected chi connectivity index (χ2v) is 6.84. The first-order valence-electron chi connectivity index (χ1n) is 8.93. The largest absolute Gasteiger partial charge is 0.323 e. The normalized spacial score (nSPS) is 10.6. The molecule has 0 aliphatic carbocycles. The van der Waals surface area contributed by atoms with Gasteiger partial charge in [-0.05, 0) is 54.6 Å². The number of hydrogen-bond acceptors (Lipinski definition) is 2. The van der Waals surface area contributed by atoms with Crippen molar-refractivity contribution in [3.63, 3.8) is 0 Å². The van der Waals surface area contributed by atoms with Crippen molar-refractivity contribution in [3.8, 4) is 16.9 Å². The smallest absolute Gasteiger partial charge is 0.308 e. The fraction of sp³-hybridized carbons (Fsp3) is 0. The van der Waals surface area contributed by atoms with Gasteiger partial charge >= 0.3 is 6.03 Å². The van der Waals surface area contributed by atoms with Crippen LogP contribution in [0.25, 0.3) is 16.9 Å². The number of urea groups is 1. The highest BCUT2D eigenvalue weighted by Crippen LogP contribution is 2.21. The standard InChI is InChI=1S/C22H15ClF2N4O/c23-15-3-1-14(2-4-15)20-11-12-29(28-20)18-8-6-17(7-9-18)26-22(30)27-21-10-5-16(24)13-19(21)25/h1-13H,(H2,26,27,30). The highest BCUT2D eigenvalue weighted by atomic mass is 35.5. The number of rotatable bonds is 4. The van der Waals surface area contributed by atoms with Crippen LogP contribution in [-0.4, -0.2) is 15.8 Å². The SMILES string of the molecule is O=C(Nc1ccc(-n2ccc(-c3ccc(Cl)cc3)n2)cc1)Nc1ccc(F)cc1F. The number of aromatic nitrogens is 2. The summed E-state index contributed by atoms with van der Waals surface area (Å²) < 4.78 is 28.3. The van der Waals surface area contributed by atoms with E-state index < -0.39 is 17.7 Å². The van der Waals surface area contributed by atoms with E-state index in [2.05, 4.69) is 15.7 Å². The number of anilines is 2. The Morgan fingerprint density at radius 3 is 2.33 bits per heavy atom. The van der Waals surface area contributed by atoms with Crippen LogP contribution in [-0.2, 0) is 0 Å². The Morgan fingerprint density at radius 2 is 1.63 bits per heavy atom. The second-order valence-electron chi connectivity index (χ2n) is 6.40. The van der Waals surface area contributed by atoms with E-state index in [0.717, 1.165) is 29.1 Å². The highest BCUT2D eigenvalue weighted by molar-refractivity contribution is 6.30. The third kappa shape index (κ3) is 4.47. The van der Waals surface area contributed by atoms with Crippen molar-refractivity contribution in [2.24, 2.45) is 0 Å². The van der Waals surface area contributed by atoms with E-state index in [4.69, 9.17) is 11.6 Å². The predicted molar refractivity (Wildman–Crippen MR) is 113 cm³/mol.